The van der Waals surface area contributed by atoms with Crippen molar-refractivity contribution in [3.63, 3.8) is 0 Å². The van der Waals surface area contributed by atoms with Gasteiger partial charge in [0.1, 0.15) is 6.61 Å². The molecule has 1 saturated heterocycles. The SMILES string of the molecule is C[C@@]1(O)CCN(Cc2ccc3c4c(cccc24)C(=O)OC3)C[C@H]1O. The van der Waals surface area contributed by atoms with Gasteiger partial charge in [-0.2, -0.15) is 0 Å². The van der Waals surface area contributed by atoms with Crippen molar-refractivity contribution in [1.82, 2.24) is 4.90 Å². The van der Waals surface area contributed by atoms with Crippen LogP contribution in [-0.2, 0) is 17.9 Å². The number of esters is 1. The molecule has 0 radical (unpaired) electrons. The van der Waals surface area contributed by atoms with Gasteiger partial charge in [0.2, 0.25) is 0 Å². The number of carbonyl (C=O) groups is 1. The Kier molecular flexibility index (Phi) is 3.60. The number of carbonyl (C=O) groups excluding carboxylic acids is 1. The Morgan fingerprint density at radius 2 is 2.17 bits per heavy atom. The standard InChI is InChI=1S/C19H21NO4/c1-19(23)7-8-20(10-16(19)21)9-12-5-6-13-11-24-18(22)15-4-2-3-14(12)17(13)15/h2-6,16,21,23H,7-11H2,1H3/t16-,19-/m1/s1. The van der Waals surface area contributed by atoms with E-state index in [1.807, 2.05) is 18.2 Å². The highest BCUT2D eigenvalue weighted by Crippen LogP contribution is 2.32. The molecule has 2 aliphatic heterocycles. The summed E-state index contributed by atoms with van der Waals surface area (Å²) in [7, 11) is 0. The highest BCUT2D eigenvalue weighted by Gasteiger charge is 2.36. The minimum atomic E-state index is -1.01. The quantitative estimate of drug-likeness (QED) is 0.824. The monoisotopic (exact) mass is 327 g/mol. The maximum absolute atomic E-state index is 12.0. The van der Waals surface area contributed by atoms with Gasteiger partial charge in [-0.05, 0) is 35.9 Å². The van der Waals surface area contributed by atoms with E-state index in [2.05, 4.69) is 11.0 Å². The zero-order chi connectivity index (χ0) is 16.9. The Morgan fingerprint density at radius 1 is 1.33 bits per heavy atom. The molecule has 0 spiro atoms. The van der Waals surface area contributed by atoms with Gasteiger partial charge in [-0.15, -0.1) is 0 Å². The summed E-state index contributed by atoms with van der Waals surface area (Å²) in [5, 5.41) is 22.3. The maximum Gasteiger partial charge on any atom is 0.339 e. The predicted molar refractivity (Wildman–Crippen MR) is 89.6 cm³/mol. The molecule has 126 valence electrons. The van der Waals surface area contributed by atoms with E-state index in [0.717, 1.165) is 28.4 Å². The number of rotatable bonds is 2. The van der Waals surface area contributed by atoms with Crippen LogP contribution >= 0.6 is 0 Å². The Morgan fingerprint density at radius 3 is 2.96 bits per heavy atom. The van der Waals surface area contributed by atoms with Crippen LogP contribution in [0.15, 0.2) is 30.3 Å². The average Bonchev–Trinajstić information content (AvgIpc) is 2.56. The third kappa shape index (κ3) is 2.49. The number of likely N-dealkylation sites (tertiary alicyclic amines) is 1. The fraction of sp³-hybridized carbons (Fsp3) is 0.421. The molecule has 1 fully saturated rings. The van der Waals surface area contributed by atoms with Crippen molar-refractivity contribution in [3.8, 4) is 0 Å². The number of piperidine rings is 1. The molecule has 5 heteroatoms. The topological polar surface area (TPSA) is 70.0 Å². The zero-order valence-corrected chi connectivity index (χ0v) is 13.7. The molecule has 5 nitrogen and oxygen atoms in total. The minimum absolute atomic E-state index is 0.269. The maximum atomic E-state index is 12.0. The van der Waals surface area contributed by atoms with Gasteiger partial charge in [-0.25, -0.2) is 4.79 Å². The first-order valence-electron chi connectivity index (χ1n) is 8.29. The van der Waals surface area contributed by atoms with Gasteiger partial charge in [-0.1, -0.05) is 24.3 Å². The third-order valence-electron chi connectivity index (χ3n) is 5.27. The summed E-state index contributed by atoms with van der Waals surface area (Å²) in [4.78, 5) is 14.1. The molecule has 0 amide bonds. The van der Waals surface area contributed by atoms with E-state index >= 15 is 0 Å². The lowest BCUT2D eigenvalue weighted by atomic mass is 9.90. The van der Waals surface area contributed by atoms with Crippen LogP contribution in [0.25, 0.3) is 10.8 Å². The van der Waals surface area contributed by atoms with Crippen molar-refractivity contribution in [1.29, 1.82) is 0 Å². The molecule has 2 atom stereocenters. The Bertz CT molecular complexity index is 814. The fourth-order valence-corrected chi connectivity index (χ4v) is 3.66. The smallest absolute Gasteiger partial charge is 0.339 e. The number of hydrogen-bond donors (Lipinski definition) is 2. The molecule has 2 N–H and O–H groups in total. The number of nitrogens with zero attached hydrogens (tertiary/aromatic N) is 1. The summed E-state index contributed by atoms with van der Waals surface area (Å²) >= 11 is 0. The first-order valence-corrected chi connectivity index (χ1v) is 8.29. The van der Waals surface area contributed by atoms with Crippen LogP contribution in [0.5, 0.6) is 0 Å². The summed E-state index contributed by atoms with van der Waals surface area (Å²) in [5.74, 6) is -0.269. The lowest BCUT2D eigenvalue weighted by Gasteiger charge is -2.40. The Labute approximate surface area is 140 Å². The summed E-state index contributed by atoms with van der Waals surface area (Å²) in [6.45, 7) is 3.86. The van der Waals surface area contributed by atoms with E-state index in [-0.39, 0.29) is 5.97 Å². The van der Waals surface area contributed by atoms with Crippen LogP contribution in [0.1, 0.15) is 34.8 Å². The largest absolute Gasteiger partial charge is 0.457 e. The van der Waals surface area contributed by atoms with Crippen molar-refractivity contribution in [3.05, 3.63) is 47.0 Å². The normalized spacial score (nSPS) is 27.3. The van der Waals surface area contributed by atoms with E-state index in [1.54, 1.807) is 13.0 Å². The highest BCUT2D eigenvalue weighted by atomic mass is 16.5. The average molecular weight is 327 g/mol. The molecule has 0 aliphatic carbocycles. The molecule has 0 saturated carbocycles. The van der Waals surface area contributed by atoms with Gasteiger partial charge in [0.25, 0.3) is 0 Å². The van der Waals surface area contributed by atoms with Crippen LogP contribution in [0, 0.1) is 0 Å². The van der Waals surface area contributed by atoms with Crippen LogP contribution in [-0.4, -0.2) is 45.9 Å². The summed E-state index contributed by atoms with van der Waals surface area (Å²) in [6, 6.07) is 9.81. The number of ether oxygens (including phenoxy) is 1. The lowest BCUT2D eigenvalue weighted by molar-refractivity contribution is -0.108. The Hall–Kier alpha value is -1.95. The molecule has 2 aromatic rings. The second-order valence-corrected chi connectivity index (χ2v) is 7.05. The molecule has 2 aromatic carbocycles. The molecule has 24 heavy (non-hydrogen) atoms. The van der Waals surface area contributed by atoms with Gasteiger partial charge < -0.3 is 14.9 Å². The number of cyclic esters (lactones) is 1. The van der Waals surface area contributed by atoms with Crippen molar-refractivity contribution >= 4 is 16.7 Å². The van der Waals surface area contributed by atoms with Gasteiger partial charge in [-0.3, -0.25) is 4.90 Å². The van der Waals surface area contributed by atoms with E-state index < -0.39 is 11.7 Å². The first-order chi connectivity index (χ1) is 11.5. The van der Waals surface area contributed by atoms with Crippen molar-refractivity contribution in [2.75, 3.05) is 13.1 Å². The van der Waals surface area contributed by atoms with Gasteiger partial charge in [0.05, 0.1) is 17.3 Å². The van der Waals surface area contributed by atoms with E-state index in [1.165, 1.54) is 0 Å². The van der Waals surface area contributed by atoms with Gasteiger partial charge in [0.15, 0.2) is 0 Å². The number of aliphatic hydroxyl groups excluding tert-OH is 1. The fourth-order valence-electron chi connectivity index (χ4n) is 3.66. The number of β-amino-alcohol motifs (C(OH)–C–C–N with tert-alkyl or cyclic N) is 1. The molecule has 2 aliphatic rings. The second-order valence-electron chi connectivity index (χ2n) is 7.05. The van der Waals surface area contributed by atoms with E-state index in [9.17, 15) is 15.0 Å². The molecular weight excluding hydrogens is 306 g/mol. The molecule has 0 unspecified atom stereocenters. The molecule has 0 aromatic heterocycles. The third-order valence-corrected chi connectivity index (χ3v) is 5.27. The summed E-state index contributed by atoms with van der Waals surface area (Å²) in [6.07, 6.45) is -0.205. The van der Waals surface area contributed by atoms with E-state index in [0.29, 0.717) is 31.7 Å². The predicted octanol–water partition coefficient (Wildman–Crippen LogP) is 1.83. The second kappa shape index (κ2) is 5.55. The first kappa shape index (κ1) is 15.6. The zero-order valence-electron chi connectivity index (χ0n) is 13.7. The number of aliphatic hydroxyl groups is 2. The number of hydrogen-bond acceptors (Lipinski definition) is 5. The molecule has 2 heterocycles. The van der Waals surface area contributed by atoms with Crippen LogP contribution in [0.3, 0.4) is 0 Å². The minimum Gasteiger partial charge on any atom is -0.457 e. The molecule has 0 bridgehead atoms. The van der Waals surface area contributed by atoms with E-state index in [4.69, 9.17) is 4.74 Å². The van der Waals surface area contributed by atoms with Crippen LogP contribution in [0.2, 0.25) is 0 Å². The highest BCUT2D eigenvalue weighted by molar-refractivity contribution is 6.08. The van der Waals surface area contributed by atoms with Crippen molar-refractivity contribution < 1.29 is 19.7 Å². The van der Waals surface area contributed by atoms with Crippen molar-refractivity contribution in [2.24, 2.45) is 0 Å². The van der Waals surface area contributed by atoms with Gasteiger partial charge in [0, 0.05) is 25.0 Å². The summed E-state index contributed by atoms with van der Waals surface area (Å²) in [5.41, 5.74) is 1.77. The number of benzene rings is 2. The van der Waals surface area contributed by atoms with Crippen LogP contribution < -0.4 is 0 Å². The summed E-state index contributed by atoms with van der Waals surface area (Å²) < 4.78 is 5.21. The van der Waals surface area contributed by atoms with Crippen LogP contribution in [0.4, 0.5) is 0 Å². The Balaban J connectivity index is 1.68. The lowest BCUT2D eigenvalue weighted by Crippen LogP contribution is -2.53. The van der Waals surface area contributed by atoms with Gasteiger partial charge >= 0.3 is 5.97 Å². The van der Waals surface area contributed by atoms with Crippen molar-refractivity contribution in [2.45, 2.75) is 38.2 Å². The molecule has 4 rings (SSSR count). The molecular formula is C19H21NO4.